The molecule has 2 unspecified atom stereocenters. The van der Waals surface area contributed by atoms with Crippen LogP contribution >= 0.6 is 0 Å². The lowest BCUT2D eigenvalue weighted by atomic mass is 9.84. The maximum absolute atomic E-state index is 17.7. The van der Waals surface area contributed by atoms with Gasteiger partial charge < -0.3 is 14.2 Å². The molecule has 0 saturated carbocycles. The third-order valence-corrected chi connectivity index (χ3v) is 12.3. The molecule has 6 aromatic rings. The molecular weight excluding hydrogens is 911 g/mol. The quantitative estimate of drug-likeness (QED) is 0.0635. The van der Waals surface area contributed by atoms with E-state index in [1.165, 1.54) is 48.5 Å². The number of ether oxygens (including phenoxy) is 3. The Hall–Kier alpha value is -5.66. The van der Waals surface area contributed by atoms with Gasteiger partial charge in [0.15, 0.2) is 0 Å². The Morgan fingerprint density at radius 2 is 0.754 bits per heavy atom. The van der Waals surface area contributed by atoms with Gasteiger partial charge >= 0.3 is 24.2 Å². The van der Waals surface area contributed by atoms with E-state index in [1.54, 1.807) is 24.3 Å². The third kappa shape index (κ3) is 13.0. The summed E-state index contributed by atoms with van der Waals surface area (Å²) in [4.78, 5) is 0. The second kappa shape index (κ2) is 22.8. The van der Waals surface area contributed by atoms with Crippen LogP contribution in [0, 0.1) is 11.8 Å². The molecule has 0 bridgehead atoms. The van der Waals surface area contributed by atoms with Crippen LogP contribution in [0.4, 0.5) is 43.9 Å². The van der Waals surface area contributed by atoms with E-state index in [-0.39, 0.29) is 35.1 Å². The molecule has 2 atom stereocenters. The Morgan fingerprint density at radius 1 is 0.420 bits per heavy atom. The largest absolute Gasteiger partial charge is 0.456 e. The normalized spacial score (nSPS) is 13.4. The first-order chi connectivity index (χ1) is 32.8. The molecule has 6 rings (SSSR count). The van der Waals surface area contributed by atoms with E-state index >= 15 is 17.6 Å². The first kappa shape index (κ1) is 52.7. The second-order valence-electron chi connectivity index (χ2n) is 17.4. The van der Waals surface area contributed by atoms with Gasteiger partial charge in [0, 0.05) is 25.3 Å². The summed E-state index contributed by atoms with van der Waals surface area (Å²) >= 11 is 0. The zero-order valence-electron chi connectivity index (χ0n) is 38.9. The number of halogens is 10. The highest BCUT2D eigenvalue weighted by atomic mass is 19.4. The van der Waals surface area contributed by atoms with Gasteiger partial charge in [0.05, 0.1) is 36.2 Å². The highest BCUT2D eigenvalue weighted by Crippen LogP contribution is 2.50. The molecule has 0 N–H and O–H groups in total. The van der Waals surface area contributed by atoms with Crippen molar-refractivity contribution >= 4 is 0 Å². The summed E-state index contributed by atoms with van der Waals surface area (Å²) < 4.78 is 175. The van der Waals surface area contributed by atoms with E-state index in [0.29, 0.717) is 11.1 Å². The van der Waals surface area contributed by atoms with Crippen molar-refractivity contribution in [3.8, 4) is 11.5 Å². The molecule has 0 saturated heterocycles. The number of alkyl halides is 10. The smallest absolute Gasteiger partial charge is 0.394 e. The third-order valence-electron chi connectivity index (χ3n) is 12.3. The molecule has 0 fully saturated rings. The number of benzene rings is 6. The molecule has 0 spiro atoms. The van der Waals surface area contributed by atoms with Gasteiger partial charge in [-0.3, -0.25) is 0 Å². The molecule has 0 aromatic heterocycles. The van der Waals surface area contributed by atoms with Crippen LogP contribution < -0.4 is 4.74 Å². The van der Waals surface area contributed by atoms with E-state index in [0.717, 1.165) is 87.4 Å². The van der Waals surface area contributed by atoms with Crippen LogP contribution in [0.1, 0.15) is 93.5 Å². The minimum atomic E-state index is -4.80. The van der Waals surface area contributed by atoms with Gasteiger partial charge in [-0.15, -0.1) is 0 Å². The van der Waals surface area contributed by atoms with Crippen LogP contribution in [0.2, 0.25) is 0 Å². The SMILES string of the molecule is CCCc1ccc(Cc2c(CC(COC)C(F)(F)F)ccc(Oc3ccc(CC(COC)C(F)(F)F)c(Cc4ccc(CCC)cc4)c3C(F)(F)c3ccccc3)c2C(F)(F)c2ccccc2)cc1. The number of rotatable bonds is 22. The molecule has 0 heterocycles. The van der Waals surface area contributed by atoms with E-state index in [2.05, 4.69) is 0 Å². The van der Waals surface area contributed by atoms with Gasteiger partial charge in [-0.2, -0.15) is 43.9 Å². The predicted octanol–water partition coefficient (Wildman–Crippen LogP) is 15.6. The molecule has 0 amide bonds. The lowest BCUT2D eigenvalue weighted by molar-refractivity contribution is -0.186. The van der Waals surface area contributed by atoms with Gasteiger partial charge in [0.2, 0.25) is 0 Å². The summed E-state index contributed by atoms with van der Waals surface area (Å²) in [6.45, 7) is 2.43. The summed E-state index contributed by atoms with van der Waals surface area (Å²) in [5.41, 5.74) is -0.572. The fraction of sp³-hybridized carbons (Fsp3) is 0.357. The van der Waals surface area contributed by atoms with Crippen molar-refractivity contribution in [1.29, 1.82) is 0 Å². The molecule has 368 valence electrons. The first-order valence-corrected chi connectivity index (χ1v) is 22.9. The molecular formula is C56H56F10O3. The number of hydrogen-bond acceptors (Lipinski definition) is 3. The summed E-state index contributed by atoms with van der Waals surface area (Å²) in [5.74, 6) is -13.5. The summed E-state index contributed by atoms with van der Waals surface area (Å²) in [5, 5.41) is 0. The number of hydrogen-bond donors (Lipinski definition) is 0. The second-order valence-corrected chi connectivity index (χ2v) is 17.4. The van der Waals surface area contributed by atoms with Crippen molar-refractivity contribution in [2.24, 2.45) is 11.8 Å². The molecule has 69 heavy (non-hydrogen) atoms. The van der Waals surface area contributed by atoms with Gasteiger partial charge in [-0.05, 0) is 95.2 Å². The highest BCUT2D eigenvalue weighted by Gasteiger charge is 2.46. The van der Waals surface area contributed by atoms with Crippen molar-refractivity contribution in [1.82, 2.24) is 0 Å². The minimum absolute atomic E-state index is 0.0984. The van der Waals surface area contributed by atoms with Crippen molar-refractivity contribution in [2.75, 3.05) is 27.4 Å². The molecule has 0 aliphatic carbocycles. The Kier molecular flexibility index (Phi) is 17.4. The summed E-state index contributed by atoms with van der Waals surface area (Å²) in [6.07, 6.45) is -8.66. The van der Waals surface area contributed by atoms with Crippen LogP contribution in [0.15, 0.2) is 133 Å². The lowest BCUT2D eigenvalue weighted by Crippen LogP contribution is -2.30. The summed E-state index contributed by atoms with van der Waals surface area (Å²) in [6, 6.07) is 31.7. The van der Waals surface area contributed by atoms with Crippen LogP contribution in [-0.4, -0.2) is 39.8 Å². The zero-order valence-corrected chi connectivity index (χ0v) is 38.9. The number of methoxy groups -OCH3 is 2. The fourth-order valence-corrected chi connectivity index (χ4v) is 8.79. The van der Waals surface area contributed by atoms with Crippen molar-refractivity contribution in [3.63, 3.8) is 0 Å². The molecule has 0 aliphatic heterocycles. The van der Waals surface area contributed by atoms with Gasteiger partial charge in [0.1, 0.15) is 11.5 Å². The Bertz CT molecular complexity index is 2380. The topological polar surface area (TPSA) is 27.7 Å². The maximum Gasteiger partial charge on any atom is 0.394 e. The van der Waals surface area contributed by atoms with Crippen LogP contribution in [-0.2, 0) is 59.8 Å². The van der Waals surface area contributed by atoms with E-state index in [4.69, 9.17) is 14.2 Å². The molecule has 0 radical (unpaired) electrons. The van der Waals surface area contributed by atoms with Crippen LogP contribution in [0.3, 0.4) is 0 Å². The zero-order chi connectivity index (χ0) is 50.0. The monoisotopic (exact) mass is 966 g/mol. The lowest BCUT2D eigenvalue weighted by Gasteiger charge is -2.30. The average Bonchev–Trinajstić information content (AvgIpc) is 3.31. The molecule has 13 heteroatoms. The summed E-state index contributed by atoms with van der Waals surface area (Å²) in [7, 11) is 2.21. The minimum Gasteiger partial charge on any atom is -0.456 e. The first-order valence-electron chi connectivity index (χ1n) is 22.9. The van der Waals surface area contributed by atoms with Gasteiger partial charge in [-0.1, -0.05) is 148 Å². The standard InChI is InChI=1S/C56H56F10O3/c1-5-13-37-19-23-39(24-20-37)31-47-41(33-45(35-67-3)55(61,62)63)27-29-49(51(47)53(57,58)43-15-9-7-10-16-43)69-50-30-28-42(34-46(36-68-4)56(64,65)66)48(32-40-25-21-38(14-6-2)22-26-40)52(50)54(59,60)44-17-11-8-12-18-44/h7-12,15-30,45-46H,5-6,13-14,31-36H2,1-4H3. The Balaban J connectivity index is 1.68. The van der Waals surface area contributed by atoms with Crippen molar-refractivity contribution in [2.45, 2.75) is 89.4 Å². The molecule has 6 aromatic carbocycles. The Morgan fingerprint density at radius 3 is 1.06 bits per heavy atom. The van der Waals surface area contributed by atoms with E-state index in [9.17, 15) is 26.3 Å². The van der Waals surface area contributed by atoms with Crippen LogP contribution in [0.25, 0.3) is 0 Å². The highest BCUT2D eigenvalue weighted by molar-refractivity contribution is 5.58. The van der Waals surface area contributed by atoms with Crippen LogP contribution in [0.5, 0.6) is 11.5 Å². The molecule has 0 aliphatic rings. The number of aryl methyl sites for hydroxylation is 2. The van der Waals surface area contributed by atoms with Gasteiger partial charge in [-0.25, -0.2) is 0 Å². The predicted molar refractivity (Wildman–Crippen MR) is 249 cm³/mol. The Labute approximate surface area is 397 Å². The van der Waals surface area contributed by atoms with E-state index < -0.39 is 95.8 Å². The van der Waals surface area contributed by atoms with E-state index in [1.807, 2.05) is 38.1 Å². The average molecular weight is 967 g/mol. The molecule has 3 nitrogen and oxygen atoms in total. The fourth-order valence-electron chi connectivity index (χ4n) is 8.79. The maximum atomic E-state index is 17.7. The van der Waals surface area contributed by atoms with Crippen molar-refractivity contribution in [3.05, 3.63) is 200 Å². The van der Waals surface area contributed by atoms with Gasteiger partial charge in [0.25, 0.3) is 0 Å². The van der Waals surface area contributed by atoms with Crippen molar-refractivity contribution < 1.29 is 58.1 Å².